The van der Waals surface area contributed by atoms with Gasteiger partial charge in [-0.05, 0) is 42.9 Å². The molecule has 3 rings (SSSR count). The summed E-state index contributed by atoms with van der Waals surface area (Å²) in [6.45, 7) is 3.13. The van der Waals surface area contributed by atoms with Gasteiger partial charge >= 0.3 is 0 Å². The maximum absolute atomic E-state index is 12.3. The van der Waals surface area contributed by atoms with E-state index in [1.807, 2.05) is 30.5 Å². The summed E-state index contributed by atoms with van der Waals surface area (Å²) < 4.78 is 0. The highest BCUT2D eigenvalue weighted by Gasteiger charge is 2.19. The summed E-state index contributed by atoms with van der Waals surface area (Å²) in [7, 11) is 0. The molecule has 1 fully saturated rings. The molecule has 1 aliphatic rings. The molecule has 1 aliphatic carbocycles. The van der Waals surface area contributed by atoms with E-state index in [9.17, 15) is 4.79 Å². The molecule has 0 saturated heterocycles. The highest BCUT2D eigenvalue weighted by molar-refractivity contribution is 6.06. The van der Waals surface area contributed by atoms with Crippen molar-refractivity contribution in [3.8, 4) is 0 Å². The molecule has 3 heteroatoms. The monoisotopic (exact) mass is 284 g/mol. The van der Waals surface area contributed by atoms with Crippen LogP contribution in [-0.2, 0) is 0 Å². The molecule has 1 amide bonds. The molecular formula is C18H24N2O. The van der Waals surface area contributed by atoms with Crippen molar-refractivity contribution in [3.63, 3.8) is 0 Å². The lowest BCUT2D eigenvalue weighted by Crippen LogP contribution is -2.27. The van der Waals surface area contributed by atoms with Crippen LogP contribution in [0.2, 0.25) is 0 Å². The predicted molar refractivity (Wildman–Crippen MR) is 86.4 cm³/mol. The number of nitrogens with one attached hydrogen (secondary N) is 2. The van der Waals surface area contributed by atoms with Crippen LogP contribution in [0.15, 0.2) is 30.5 Å². The third-order valence-corrected chi connectivity index (χ3v) is 4.72. The van der Waals surface area contributed by atoms with Crippen LogP contribution in [-0.4, -0.2) is 17.4 Å². The molecule has 112 valence electrons. The van der Waals surface area contributed by atoms with Crippen molar-refractivity contribution in [1.82, 2.24) is 10.3 Å². The van der Waals surface area contributed by atoms with Gasteiger partial charge in [0, 0.05) is 29.2 Å². The van der Waals surface area contributed by atoms with Crippen molar-refractivity contribution in [2.45, 2.75) is 39.0 Å². The van der Waals surface area contributed by atoms with E-state index >= 15 is 0 Å². The molecule has 3 nitrogen and oxygen atoms in total. The number of benzene rings is 1. The van der Waals surface area contributed by atoms with Crippen LogP contribution in [0.25, 0.3) is 10.9 Å². The normalized spacial score (nSPS) is 22.3. The largest absolute Gasteiger partial charge is 0.361 e. The Kier molecular flexibility index (Phi) is 4.28. The summed E-state index contributed by atoms with van der Waals surface area (Å²) in [4.78, 5) is 15.5. The van der Waals surface area contributed by atoms with Gasteiger partial charge in [-0.2, -0.15) is 0 Å². The molecule has 0 bridgehead atoms. The summed E-state index contributed by atoms with van der Waals surface area (Å²) >= 11 is 0. The van der Waals surface area contributed by atoms with E-state index in [0.717, 1.165) is 41.3 Å². The molecule has 1 saturated carbocycles. The number of aromatic amines is 1. The van der Waals surface area contributed by atoms with E-state index in [0.29, 0.717) is 0 Å². The first kappa shape index (κ1) is 14.2. The molecule has 2 aromatic rings. The van der Waals surface area contributed by atoms with E-state index in [-0.39, 0.29) is 5.91 Å². The lowest BCUT2D eigenvalue weighted by Gasteiger charge is -2.26. The average molecular weight is 284 g/mol. The van der Waals surface area contributed by atoms with Crippen molar-refractivity contribution < 1.29 is 4.79 Å². The number of carbonyl (C=O) groups is 1. The molecule has 2 unspecified atom stereocenters. The molecule has 1 aromatic heterocycles. The fourth-order valence-electron chi connectivity index (χ4n) is 3.59. The van der Waals surface area contributed by atoms with Crippen LogP contribution in [0, 0.1) is 11.8 Å². The molecule has 1 heterocycles. The van der Waals surface area contributed by atoms with Gasteiger partial charge in [-0.1, -0.05) is 32.3 Å². The summed E-state index contributed by atoms with van der Waals surface area (Å²) in [5.41, 5.74) is 1.79. The minimum Gasteiger partial charge on any atom is -0.361 e. The Morgan fingerprint density at radius 2 is 2.24 bits per heavy atom. The van der Waals surface area contributed by atoms with Gasteiger partial charge in [0.1, 0.15) is 0 Å². The third-order valence-electron chi connectivity index (χ3n) is 4.72. The van der Waals surface area contributed by atoms with Crippen LogP contribution in [0.5, 0.6) is 0 Å². The van der Waals surface area contributed by atoms with E-state index < -0.39 is 0 Å². The number of amides is 1. The minimum absolute atomic E-state index is 0.0454. The Morgan fingerprint density at radius 3 is 3.10 bits per heavy atom. The maximum Gasteiger partial charge on any atom is 0.251 e. The zero-order valence-electron chi connectivity index (χ0n) is 12.7. The van der Waals surface area contributed by atoms with Crippen LogP contribution < -0.4 is 5.32 Å². The summed E-state index contributed by atoms with van der Waals surface area (Å²) in [5.74, 6) is 1.69. The minimum atomic E-state index is 0.0454. The van der Waals surface area contributed by atoms with Crippen molar-refractivity contribution in [3.05, 3.63) is 36.0 Å². The summed E-state index contributed by atoms with van der Waals surface area (Å²) in [6, 6.07) is 7.79. The number of carbonyl (C=O) groups excluding carboxylic acids is 1. The Balaban J connectivity index is 1.56. The van der Waals surface area contributed by atoms with Gasteiger partial charge in [0.05, 0.1) is 0 Å². The van der Waals surface area contributed by atoms with Gasteiger partial charge < -0.3 is 10.3 Å². The highest BCUT2D eigenvalue weighted by atomic mass is 16.1. The van der Waals surface area contributed by atoms with Crippen molar-refractivity contribution in [2.75, 3.05) is 6.54 Å². The molecule has 0 radical (unpaired) electrons. The number of rotatable bonds is 4. The number of H-pyrrole nitrogens is 1. The Hall–Kier alpha value is -1.77. The molecule has 0 spiro atoms. The van der Waals surface area contributed by atoms with Crippen LogP contribution in [0.3, 0.4) is 0 Å². The summed E-state index contributed by atoms with van der Waals surface area (Å²) in [5, 5.41) is 4.09. The fraction of sp³-hybridized carbons (Fsp3) is 0.500. The molecule has 0 aliphatic heterocycles. The first-order chi connectivity index (χ1) is 10.2. The molecule has 2 atom stereocenters. The second kappa shape index (κ2) is 6.33. The van der Waals surface area contributed by atoms with Gasteiger partial charge in [-0.15, -0.1) is 0 Å². The van der Waals surface area contributed by atoms with Gasteiger partial charge in [-0.3, -0.25) is 4.79 Å². The molecule has 1 aromatic carbocycles. The molecule has 21 heavy (non-hydrogen) atoms. The van der Waals surface area contributed by atoms with Crippen LogP contribution >= 0.6 is 0 Å². The quantitative estimate of drug-likeness (QED) is 0.871. The standard InChI is InChI=1S/C18H24N2O/c1-13-4-2-5-14(12-13)8-10-20-18(21)16-6-3-7-17-15(16)9-11-19-17/h3,6-7,9,11,13-14,19H,2,4-5,8,10,12H2,1H3,(H,20,21). The Bertz CT molecular complexity index is 616. The van der Waals surface area contributed by atoms with Crippen molar-refractivity contribution >= 4 is 16.8 Å². The van der Waals surface area contributed by atoms with Crippen LogP contribution in [0.4, 0.5) is 0 Å². The van der Waals surface area contributed by atoms with Gasteiger partial charge in [0.25, 0.3) is 5.91 Å². The SMILES string of the molecule is CC1CCCC(CCNC(=O)c2cccc3[nH]ccc23)C1. The molecular weight excluding hydrogens is 260 g/mol. The third kappa shape index (κ3) is 3.29. The first-order valence-corrected chi connectivity index (χ1v) is 8.08. The zero-order chi connectivity index (χ0) is 14.7. The number of fused-ring (bicyclic) bond motifs is 1. The van der Waals surface area contributed by atoms with Gasteiger partial charge in [0.2, 0.25) is 0 Å². The van der Waals surface area contributed by atoms with E-state index in [1.165, 1.54) is 25.7 Å². The average Bonchev–Trinajstić information content (AvgIpc) is 2.95. The van der Waals surface area contributed by atoms with E-state index in [2.05, 4.69) is 17.2 Å². The first-order valence-electron chi connectivity index (χ1n) is 8.08. The van der Waals surface area contributed by atoms with Gasteiger partial charge in [0.15, 0.2) is 0 Å². The van der Waals surface area contributed by atoms with Crippen molar-refractivity contribution in [1.29, 1.82) is 0 Å². The lowest BCUT2D eigenvalue weighted by molar-refractivity contribution is 0.0951. The number of hydrogen-bond donors (Lipinski definition) is 2. The topological polar surface area (TPSA) is 44.9 Å². The highest BCUT2D eigenvalue weighted by Crippen LogP contribution is 2.30. The van der Waals surface area contributed by atoms with Crippen LogP contribution in [0.1, 0.15) is 49.4 Å². The smallest absolute Gasteiger partial charge is 0.251 e. The van der Waals surface area contributed by atoms with Gasteiger partial charge in [-0.25, -0.2) is 0 Å². The summed E-state index contributed by atoms with van der Waals surface area (Å²) in [6.07, 6.45) is 8.36. The second-order valence-corrected chi connectivity index (χ2v) is 6.43. The lowest BCUT2D eigenvalue weighted by atomic mass is 9.81. The Labute approximate surface area is 126 Å². The number of hydrogen-bond acceptors (Lipinski definition) is 1. The molecule has 2 N–H and O–H groups in total. The van der Waals surface area contributed by atoms with E-state index in [4.69, 9.17) is 0 Å². The number of aromatic nitrogens is 1. The van der Waals surface area contributed by atoms with Crippen molar-refractivity contribution in [2.24, 2.45) is 11.8 Å². The zero-order valence-corrected chi connectivity index (χ0v) is 12.7. The maximum atomic E-state index is 12.3. The predicted octanol–water partition coefficient (Wildman–Crippen LogP) is 4.11. The Morgan fingerprint density at radius 1 is 1.33 bits per heavy atom. The fourth-order valence-corrected chi connectivity index (χ4v) is 3.59. The second-order valence-electron chi connectivity index (χ2n) is 6.43. The van der Waals surface area contributed by atoms with E-state index in [1.54, 1.807) is 0 Å².